The lowest BCUT2D eigenvalue weighted by atomic mass is 10.3. The zero-order valence-electron chi connectivity index (χ0n) is 10.9. The summed E-state index contributed by atoms with van der Waals surface area (Å²) in [4.78, 5) is 18.2. The summed E-state index contributed by atoms with van der Waals surface area (Å²) < 4.78 is 6.75. The third-order valence-electron chi connectivity index (χ3n) is 3.04. The first kappa shape index (κ1) is 13.0. The molecule has 1 fully saturated rings. The van der Waals surface area contributed by atoms with E-state index in [9.17, 15) is 4.79 Å². The van der Waals surface area contributed by atoms with Crippen molar-refractivity contribution in [2.24, 2.45) is 5.73 Å². The Labute approximate surface area is 106 Å². The second-order valence-corrected chi connectivity index (χ2v) is 4.79. The third-order valence-corrected chi connectivity index (χ3v) is 3.04. The fourth-order valence-corrected chi connectivity index (χ4v) is 2.02. The molecular weight excluding hydrogens is 232 g/mol. The molecule has 1 unspecified atom stereocenters. The highest BCUT2D eigenvalue weighted by atomic mass is 16.5. The molecule has 100 valence electrons. The van der Waals surface area contributed by atoms with Crippen molar-refractivity contribution >= 4 is 5.82 Å². The number of nitrogens with zero attached hydrogens (tertiary/aromatic N) is 3. The molecule has 6 nitrogen and oxygen atoms in total. The van der Waals surface area contributed by atoms with Crippen LogP contribution in [0.3, 0.4) is 0 Å². The Balaban J connectivity index is 2.12. The van der Waals surface area contributed by atoms with Crippen LogP contribution in [-0.2, 0) is 4.74 Å². The molecule has 0 amide bonds. The van der Waals surface area contributed by atoms with Crippen molar-refractivity contribution in [1.29, 1.82) is 0 Å². The number of ether oxygens (including phenoxy) is 1. The van der Waals surface area contributed by atoms with Crippen molar-refractivity contribution in [3.63, 3.8) is 0 Å². The minimum absolute atomic E-state index is 0.0351. The van der Waals surface area contributed by atoms with Crippen LogP contribution in [0.1, 0.15) is 18.9 Å². The van der Waals surface area contributed by atoms with Gasteiger partial charge in [0.1, 0.15) is 0 Å². The van der Waals surface area contributed by atoms with Gasteiger partial charge in [-0.2, -0.15) is 0 Å². The van der Waals surface area contributed by atoms with Crippen LogP contribution in [0.2, 0.25) is 0 Å². The highest BCUT2D eigenvalue weighted by molar-refractivity contribution is 5.35. The maximum absolute atomic E-state index is 12.2. The van der Waals surface area contributed by atoms with Gasteiger partial charge in [-0.15, -0.1) is 0 Å². The van der Waals surface area contributed by atoms with Gasteiger partial charge >= 0.3 is 0 Å². The van der Waals surface area contributed by atoms with Gasteiger partial charge in [0.15, 0.2) is 5.82 Å². The Hall–Kier alpha value is -1.40. The largest absolute Gasteiger partial charge is 0.383 e. The summed E-state index contributed by atoms with van der Waals surface area (Å²) in [5.41, 5.74) is 5.84. The third kappa shape index (κ3) is 2.88. The van der Waals surface area contributed by atoms with E-state index in [1.165, 1.54) is 0 Å². The molecule has 0 saturated heterocycles. The smallest absolute Gasteiger partial charge is 0.293 e. The Kier molecular flexibility index (Phi) is 3.98. The number of hydrogen-bond donors (Lipinski definition) is 1. The Morgan fingerprint density at radius 1 is 1.67 bits per heavy atom. The topological polar surface area (TPSA) is 73.4 Å². The van der Waals surface area contributed by atoms with Crippen LogP contribution >= 0.6 is 0 Å². The van der Waals surface area contributed by atoms with Crippen molar-refractivity contribution in [3.8, 4) is 0 Å². The van der Waals surface area contributed by atoms with Crippen LogP contribution in [0.4, 0.5) is 5.82 Å². The predicted molar refractivity (Wildman–Crippen MR) is 69.9 cm³/mol. The van der Waals surface area contributed by atoms with Crippen LogP contribution in [0.15, 0.2) is 17.2 Å². The van der Waals surface area contributed by atoms with Crippen LogP contribution < -0.4 is 16.2 Å². The van der Waals surface area contributed by atoms with Crippen molar-refractivity contribution in [2.75, 3.05) is 32.2 Å². The molecule has 0 radical (unpaired) electrons. The van der Waals surface area contributed by atoms with E-state index >= 15 is 0 Å². The van der Waals surface area contributed by atoms with Gasteiger partial charge in [-0.05, 0) is 12.8 Å². The average Bonchev–Trinajstić information content (AvgIpc) is 3.13. The van der Waals surface area contributed by atoms with Gasteiger partial charge < -0.3 is 19.9 Å². The molecule has 0 spiro atoms. The lowest BCUT2D eigenvalue weighted by Crippen LogP contribution is -2.41. The van der Waals surface area contributed by atoms with Crippen LogP contribution in [0, 0.1) is 0 Å². The fourth-order valence-electron chi connectivity index (χ4n) is 2.02. The Morgan fingerprint density at radius 2 is 2.39 bits per heavy atom. The molecule has 1 aromatic heterocycles. The molecule has 2 N–H and O–H groups in total. The van der Waals surface area contributed by atoms with Crippen molar-refractivity contribution in [1.82, 2.24) is 9.55 Å². The first-order valence-electron chi connectivity index (χ1n) is 6.16. The molecular formula is C12H20N4O2. The summed E-state index contributed by atoms with van der Waals surface area (Å²) in [6.45, 7) is 1.01. The van der Waals surface area contributed by atoms with Gasteiger partial charge in [0, 0.05) is 45.2 Å². The maximum Gasteiger partial charge on any atom is 0.293 e. The van der Waals surface area contributed by atoms with E-state index in [1.807, 2.05) is 7.05 Å². The number of rotatable bonds is 6. The first-order chi connectivity index (χ1) is 8.63. The molecule has 0 aromatic carbocycles. The molecule has 0 bridgehead atoms. The van der Waals surface area contributed by atoms with Gasteiger partial charge in [0.25, 0.3) is 5.56 Å². The minimum Gasteiger partial charge on any atom is -0.383 e. The van der Waals surface area contributed by atoms with Crippen LogP contribution in [0.25, 0.3) is 0 Å². The highest BCUT2D eigenvalue weighted by Crippen LogP contribution is 2.33. The number of likely N-dealkylation sites (N-methyl/N-ethyl adjacent to an activating group) is 1. The van der Waals surface area contributed by atoms with Gasteiger partial charge in [-0.3, -0.25) is 4.79 Å². The molecule has 1 aromatic rings. The standard InChI is InChI=1S/C12H20N4O2/c1-15(7-9(13)8-18-2)11-12(17)16(6-5-14-11)10-3-4-10/h5-6,9-10H,3-4,7-8,13H2,1-2H3. The normalized spacial score (nSPS) is 16.6. The van der Waals surface area contributed by atoms with E-state index < -0.39 is 0 Å². The van der Waals surface area contributed by atoms with Gasteiger partial charge in [0.05, 0.1) is 6.61 Å². The minimum atomic E-state index is -0.129. The van der Waals surface area contributed by atoms with E-state index in [-0.39, 0.29) is 11.6 Å². The van der Waals surface area contributed by atoms with Gasteiger partial charge in [-0.25, -0.2) is 4.98 Å². The summed E-state index contributed by atoms with van der Waals surface area (Å²) in [5.74, 6) is 0.455. The Bertz CT molecular complexity index is 456. The highest BCUT2D eigenvalue weighted by Gasteiger charge is 2.26. The summed E-state index contributed by atoms with van der Waals surface area (Å²) in [7, 11) is 3.44. The summed E-state index contributed by atoms with van der Waals surface area (Å²) in [6.07, 6.45) is 5.59. The Morgan fingerprint density at radius 3 is 3.00 bits per heavy atom. The van der Waals surface area contributed by atoms with Crippen LogP contribution in [0.5, 0.6) is 0 Å². The molecule has 2 rings (SSSR count). The molecule has 1 heterocycles. The number of nitrogens with two attached hydrogens (primary N) is 1. The molecule has 6 heteroatoms. The van der Waals surface area contributed by atoms with E-state index in [1.54, 1.807) is 29.0 Å². The fraction of sp³-hybridized carbons (Fsp3) is 0.667. The van der Waals surface area contributed by atoms with E-state index in [0.717, 1.165) is 12.8 Å². The molecule has 1 atom stereocenters. The number of aromatic nitrogens is 2. The van der Waals surface area contributed by atoms with Crippen molar-refractivity contribution in [3.05, 3.63) is 22.7 Å². The number of hydrogen-bond acceptors (Lipinski definition) is 5. The molecule has 18 heavy (non-hydrogen) atoms. The quantitative estimate of drug-likeness (QED) is 0.770. The molecule has 1 aliphatic rings. The molecule has 1 aliphatic carbocycles. The SMILES string of the molecule is COCC(N)CN(C)c1nccn(C2CC2)c1=O. The lowest BCUT2D eigenvalue weighted by Gasteiger charge is -2.21. The lowest BCUT2D eigenvalue weighted by molar-refractivity contribution is 0.181. The predicted octanol–water partition coefficient (Wildman–Crippen LogP) is -0.0119. The average molecular weight is 252 g/mol. The van der Waals surface area contributed by atoms with E-state index in [2.05, 4.69) is 4.98 Å². The van der Waals surface area contributed by atoms with E-state index in [0.29, 0.717) is 25.0 Å². The van der Waals surface area contributed by atoms with Gasteiger partial charge in [-0.1, -0.05) is 0 Å². The zero-order chi connectivity index (χ0) is 13.1. The number of methoxy groups -OCH3 is 1. The maximum atomic E-state index is 12.2. The summed E-state index contributed by atoms with van der Waals surface area (Å²) in [6, 6.07) is 0.232. The second-order valence-electron chi connectivity index (χ2n) is 4.79. The number of anilines is 1. The second kappa shape index (κ2) is 5.49. The molecule has 1 saturated carbocycles. The summed E-state index contributed by atoms with van der Waals surface area (Å²) in [5, 5.41) is 0. The zero-order valence-corrected chi connectivity index (χ0v) is 10.9. The summed E-state index contributed by atoms with van der Waals surface area (Å²) >= 11 is 0. The van der Waals surface area contributed by atoms with Gasteiger partial charge in [0.2, 0.25) is 0 Å². The molecule has 0 aliphatic heterocycles. The van der Waals surface area contributed by atoms with E-state index in [4.69, 9.17) is 10.5 Å². The van der Waals surface area contributed by atoms with Crippen molar-refractivity contribution in [2.45, 2.75) is 24.9 Å². The first-order valence-corrected chi connectivity index (χ1v) is 6.16. The van der Waals surface area contributed by atoms with Crippen molar-refractivity contribution < 1.29 is 4.74 Å². The monoisotopic (exact) mass is 252 g/mol. The van der Waals surface area contributed by atoms with Crippen LogP contribution in [-0.4, -0.2) is 42.9 Å².